The summed E-state index contributed by atoms with van der Waals surface area (Å²) in [5.41, 5.74) is -1.62. The van der Waals surface area contributed by atoms with Crippen LogP contribution >= 0.6 is 34.5 Å². The molecule has 0 saturated heterocycles. The normalized spacial score (nSPS) is 12.7. The summed E-state index contributed by atoms with van der Waals surface area (Å²) in [7, 11) is -26.1. The van der Waals surface area contributed by atoms with Gasteiger partial charge in [0.2, 0.25) is 17.8 Å². The van der Waals surface area contributed by atoms with Crippen LogP contribution in [0, 0.1) is 29.6 Å². The molecule has 1 unspecified atom stereocenters. The molecule has 470 valence electrons. The van der Waals surface area contributed by atoms with E-state index in [9.17, 15) is 95.8 Å². The summed E-state index contributed by atoms with van der Waals surface area (Å²) in [4.78, 5) is 11.8. The topological polar surface area (TPSA) is 561 Å². The minimum atomic E-state index is -5.48. The summed E-state index contributed by atoms with van der Waals surface area (Å²) >= 11 is 12.7. The zero-order chi connectivity index (χ0) is 66.0. The second-order valence-electron chi connectivity index (χ2n) is 18.2. The van der Waals surface area contributed by atoms with E-state index in [2.05, 4.69) is 67.0 Å². The lowest BCUT2D eigenvalue weighted by atomic mass is 10.0. The van der Waals surface area contributed by atoms with Crippen molar-refractivity contribution in [2.24, 2.45) is 20.5 Å². The number of rotatable bonds is 23. The average molecular weight is 1390 g/mol. The van der Waals surface area contributed by atoms with E-state index in [1.807, 2.05) is 12.1 Å². The maximum Gasteiger partial charge on any atom is 0.296 e. The second kappa shape index (κ2) is 26.4. The first-order valence-corrected chi connectivity index (χ1v) is 33.1. The van der Waals surface area contributed by atoms with Crippen LogP contribution in [0.15, 0.2) is 130 Å². The van der Waals surface area contributed by atoms with E-state index in [1.54, 1.807) is 0 Å². The number of thiophene rings is 1. The third-order valence-corrected chi connectivity index (χ3v) is 18.2. The number of anilines is 8. The second-order valence-corrected chi connectivity index (χ2v) is 27.0. The van der Waals surface area contributed by atoms with E-state index in [0.717, 1.165) is 30.3 Å². The number of nitrogens with one attached hydrogen (secondary N) is 5. The number of aromatic nitrogens is 4. The van der Waals surface area contributed by atoms with E-state index < -0.39 is 122 Å². The number of benzene rings is 5. The quantitative estimate of drug-likeness (QED) is 0.0170. The number of fused-ring (bicyclic) bond motifs is 1. The van der Waals surface area contributed by atoms with Crippen molar-refractivity contribution in [2.75, 3.05) is 46.3 Å². The molecule has 0 spiro atoms. The van der Waals surface area contributed by atoms with Gasteiger partial charge in [0, 0.05) is 45.5 Å². The summed E-state index contributed by atoms with van der Waals surface area (Å²) < 4.78 is 174. The van der Waals surface area contributed by atoms with Gasteiger partial charge in [-0.2, -0.15) is 67.6 Å². The Bertz CT molecular complexity index is 4980. The molecule has 14 N–H and O–H groups in total. The lowest BCUT2D eigenvalue weighted by Gasteiger charge is -2.16. The predicted molar refractivity (Wildman–Crippen MR) is 320 cm³/mol. The van der Waals surface area contributed by atoms with Crippen molar-refractivity contribution in [3.63, 3.8) is 0 Å². The molecular weight excluding hydrogens is 1350 g/mol. The number of aliphatic hydroxyl groups is 4. The Morgan fingerprint density at radius 3 is 1.57 bits per heavy atom. The highest BCUT2D eigenvalue weighted by Gasteiger charge is 2.28. The first-order valence-electron chi connectivity index (χ1n) is 24.3. The summed E-state index contributed by atoms with van der Waals surface area (Å²) in [6.07, 6.45) is -3.08. The zero-order valence-electron chi connectivity index (χ0n) is 44.6. The fraction of sp³-hybridized carbons (Fsp3) is 0.125. The molecule has 0 fully saturated rings. The number of azo groups is 2. The van der Waals surface area contributed by atoms with Crippen LogP contribution in [0.4, 0.5) is 67.9 Å². The maximum absolute atomic E-state index is 12.9. The van der Waals surface area contributed by atoms with Gasteiger partial charge in [0.1, 0.15) is 48.0 Å². The van der Waals surface area contributed by atoms with Crippen molar-refractivity contribution in [1.29, 1.82) is 10.5 Å². The Morgan fingerprint density at radius 1 is 0.544 bits per heavy atom. The SMILES string of the molecule is Cc1c(C#N)c(Nc2ccc(Cl)c(S(=O)(=O)O)c2)nc(Nc2ccc(Cl)c(S(=O)(=O)O)c2)c1N=Nc1sc(N=Nc2cc(S(=O)(=O)O)c3cc(S(=O)(=O)O)cc(S(=O)(=O)O)c3c2)c(-c2ccc(Nc3nc(NCC(O)O)nc(NCC(O)CO)n3)cc2)c1C#N. The molecule has 0 radical (unpaired) electrons. The van der Waals surface area contributed by atoms with Gasteiger partial charge in [-0.05, 0) is 85.3 Å². The van der Waals surface area contributed by atoms with Gasteiger partial charge in [-0.25, -0.2) is 4.98 Å². The van der Waals surface area contributed by atoms with Crippen molar-refractivity contribution in [1.82, 2.24) is 19.9 Å². The van der Waals surface area contributed by atoms with Crippen LogP contribution in [0.1, 0.15) is 16.7 Å². The molecular formula is C48H39Cl2N15O19S6. The largest absolute Gasteiger partial charge is 0.394 e. The Hall–Kier alpha value is -8.63. The summed E-state index contributed by atoms with van der Waals surface area (Å²) in [6, 6.07) is 18.3. The molecule has 8 rings (SSSR count). The van der Waals surface area contributed by atoms with Crippen LogP contribution in [0.2, 0.25) is 10.0 Å². The predicted octanol–water partition coefficient (Wildman–Crippen LogP) is 7.29. The number of nitrogens with zero attached hydrogens (tertiary/aromatic N) is 10. The molecule has 0 saturated carbocycles. The molecule has 0 aliphatic rings. The number of aliphatic hydroxyl groups excluding tert-OH is 3. The van der Waals surface area contributed by atoms with Gasteiger partial charge >= 0.3 is 0 Å². The third kappa shape index (κ3) is 15.9. The Morgan fingerprint density at radius 2 is 1.04 bits per heavy atom. The Labute approximate surface area is 521 Å². The van der Waals surface area contributed by atoms with Crippen LogP contribution in [0.3, 0.4) is 0 Å². The number of nitriles is 2. The standard InChI is InChI=1S/C48H39Cl2N15O19S6/c1-21-31(16-51)42(55-24-6-8-33(49)37(11-24)89(79,80)81)58-43(56-25-7-9-34(50)38(12-25)90(82,83)84)41(21)63-64-44-32(17-52)40(22-2-4-23(5-3-22)57-48-60-46(53-18-27(67)20-66)59-47(61-48)54-19-39(68)69)45(85-44)65-62-26-10-29-30(35(13-26)87(73,74)75)14-28(86(70,71)72)15-36(29)88(76,77)78/h2-15,27,39,66-69H,18-20H2,1H3,(H2,55,56,58)(H,70,71,72)(H,73,74,75)(H,76,77,78)(H,79,80,81)(H,82,83,84)(H3,53,54,57,59,60,61). The van der Waals surface area contributed by atoms with Gasteiger partial charge in [-0.15, -0.1) is 20.5 Å². The molecule has 3 aromatic heterocycles. The van der Waals surface area contributed by atoms with Gasteiger partial charge in [-0.1, -0.05) is 46.7 Å². The number of hydrogen-bond acceptors (Lipinski definition) is 30. The van der Waals surface area contributed by atoms with E-state index in [4.69, 9.17) is 23.2 Å². The smallest absolute Gasteiger partial charge is 0.296 e. The lowest BCUT2D eigenvalue weighted by Crippen LogP contribution is -2.25. The van der Waals surface area contributed by atoms with E-state index in [1.165, 1.54) is 43.3 Å². The fourth-order valence-corrected chi connectivity index (χ4v) is 12.9. The molecule has 34 nitrogen and oxygen atoms in total. The molecule has 5 aromatic carbocycles. The van der Waals surface area contributed by atoms with Crippen molar-refractivity contribution in [3.8, 4) is 23.3 Å². The maximum atomic E-state index is 12.9. The monoisotopic (exact) mass is 1390 g/mol. The van der Waals surface area contributed by atoms with Crippen LogP contribution in [0.25, 0.3) is 21.9 Å². The molecule has 0 aliphatic heterocycles. The third-order valence-electron chi connectivity index (χ3n) is 12.0. The molecule has 0 aliphatic carbocycles. The van der Waals surface area contributed by atoms with E-state index in [0.29, 0.717) is 29.5 Å². The molecule has 0 bridgehead atoms. The van der Waals surface area contributed by atoms with E-state index >= 15 is 0 Å². The molecule has 42 heteroatoms. The molecule has 90 heavy (non-hydrogen) atoms. The first kappa shape index (κ1) is 67.3. The van der Waals surface area contributed by atoms with Gasteiger partial charge in [0.15, 0.2) is 22.9 Å². The van der Waals surface area contributed by atoms with Crippen molar-refractivity contribution >= 4 is 164 Å². The van der Waals surface area contributed by atoms with Gasteiger partial charge < -0.3 is 47.0 Å². The van der Waals surface area contributed by atoms with Crippen LogP contribution in [-0.2, 0) is 50.6 Å². The molecule has 3 heterocycles. The van der Waals surface area contributed by atoms with Gasteiger partial charge in [-0.3, -0.25) is 22.8 Å². The van der Waals surface area contributed by atoms with Crippen LogP contribution in [-0.4, -0.2) is 137 Å². The molecule has 8 aromatic rings. The van der Waals surface area contributed by atoms with Crippen molar-refractivity contribution in [3.05, 3.63) is 112 Å². The average Bonchev–Trinajstić information content (AvgIpc) is 0.789. The van der Waals surface area contributed by atoms with Gasteiger partial charge in [0.25, 0.3) is 50.6 Å². The van der Waals surface area contributed by atoms with Crippen LogP contribution < -0.4 is 26.6 Å². The highest BCUT2D eigenvalue weighted by Crippen LogP contribution is 2.49. The fourth-order valence-electron chi connectivity index (χ4n) is 7.97. The number of halogens is 2. The zero-order valence-corrected chi connectivity index (χ0v) is 51.1. The minimum Gasteiger partial charge on any atom is -0.394 e. The lowest BCUT2D eigenvalue weighted by molar-refractivity contribution is -0.0277. The van der Waals surface area contributed by atoms with Crippen molar-refractivity contribution in [2.45, 2.75) is 43.8 Å². The number of hydrogen-bond donors (Lipinski definition) is 14. The summed E-state index contributed by atoms with van der Waals surface area (Å²) in [5.74, 6) is -1.18. The van der Waals surface area contributed by atoms with Gasteiger partial charge in [0.05, 0.1) is 45.4 Å². The Kier molecular flexibility index (Phi) is 19.8. The Balaban J connectivity index is 1.32. The van der Waals surface area contributed by atoms with Crippen molar-refractivity contribution < 1.29 is 85.3 Å². The highest BCUT2D eigenvalue weighted by molar-refractivity contribution is 7.87. The molecule has 0 amide bonds. The highest BCUT2D eigenvalue weighted by atomic mass is 35.5. The minimum absolute atomic E-state index is 0.0656. The molecule has 1 atom stereocenters. The first-order chi connectivity index (χ1) is 42.0. The van der Waals surface area contributed by atoms with Crippen LogP contribution in [0.5, 0.6) is 0 Å². The summed E-state index contributed by atoms with van der Waals surface area (Å²) in [6.45, 7) is 0.0497. The van der Waals surface area contributed by atoms with E-state index in [-0.39, 0.29) is 102 Å². The number of pyridine rings is 1. The summed E-state index contributed by atoms with van der Waals surface area (Å²) in [5, 5.41) is 87.4.